The van der Waals surface area contributed by atoms with Gasteiger partial charge in [-0.05, 0) is 6.92 Å². The van der Waals surface area contributed by atoms with E-state index >= 15 is 0 Å². The van der Waals surface area contributed by atoms with Crippen LogP contribution in [0.3, 0.4) is 0 Å². The first kappa shape index (κ1) is 9.73. The zero-order valence-electron chi connectivity index (χ0n) is 7.66. The monoisotopic (exact) mass is 184 g/mol. The molecule has 0 spiro atoms. The second-order valence-corrected chi connectivity index (χ2v) is 2.64. The van der Waals surface area contributed by atoms with Gasteiger partial charge in [-0.3, -0.25) is 4.79 Å². The lowest BCUT2D eigenvalue weighted by Gasteiger charge is -2.00. The third-order valence-corrected chi connectivity index (χ3v) is 1.42. The number of rotatable bonds is 4. The third-order valence-electron chi connectivity index (χ3n) is 1.42. The highest BCUT2D eigenvalue weighted by Gasteiger charge is 2.02. The van der Waals surface area contributed by atoms with Crippen LogP contribution in [0.1, 0.15) is 11.5 Å². The van der Waals surface area contributed by atoms with Crippen molar-refractivity contribution < 1.29 is 14.1 Å². The average Bonchev–Trinajstić information content (AvgIpc) is 2.49. The molecule has 0 saturated carbocycles. The number of carbonyl (C=O) groups is 1. The summed E-state index contributed by atoms with van der Waals surface area (Å²) in [6, 6.07) is 1.77. The Bertz CT molecular complexity index is 283. The molecule has 0 bridgehead atoms. The first-order chi connectivity index (χ1) is 6.22. The van der Waals surface area contributed by atoms with Gasteiger partial charge in [-0.25, -0.2) is 0 Å². The Morgan fingerprint density at radius 2 is 2.54 bits per heavy atom. The predicted molar refractivity (Wildman–Crippen MR) is 45.0 cm³/mol. The van der Waals surface area contributed by atoms with Crippen LogP contribution in [-0.2, 0) is 16.1 Å². The van der Waals surface area contributed by atoms with E-state index in [9.17, 15) is 4.79 Å². The zero-order valence-corrected chi connectivity index (χ0v) is 7.66. The van der Waals surface area contributed by atoms with E-state index in [4.69, 9.17) is 4.52 Å². The van der Waals surface area contributed by atoms with Gasteiger partial charge in [0.2, 0.25) is 5.91 Å². The summed E-state index contributed by atoms with van der Waals surface area (Å²) in [5, 5.41) is 6.34. The molecule has 0 aliphatic rings. The van der Waals surface area contributed by atoms with Gasteiger partial charge in [-0.15, -0.1) is 0 Å². The number of carbonyl (C=O) groups excluding carboxylic acids is 1. The van der Waals surface area contributed by atoms with Crippen LogP contribution in [0.2, 0.25) is 0 Å². The number of aryl methyl sites for hydroxylation is 1. The zero-order chi connectivity index (χ0) is 9.68. The predicted octanol–water partition coefficient (Wildman–Crippen LogP) is 0.246. The minimum atomic E-state index is -0.164. The van der Waals surface area contributed by atoms with Crippen molar-refractivity contribution in [2.45, 2.75) is 13.5 Å². The molecule has 0 aromatic carbocycles. The average molecular weight is 184 g/mol. The molecule has 0 aliphatic carbocycles. The maximum Gasteiger partial charge on any atom is 0.246 e. The van der Waals surface area contributed by atoms with Gasteiger partial charge in [-0.2, -0.15) is 0 Å². The van der Waals surface area contributed by atoms with Gasteiger partial charge in [0.05, 0.1) is 6.54 Å². The maximum absolute atomic E-state index is 10.9. The molecule has 0 fully saturated rings. The van der Waals surface area contributed by atoms with Crippen LogP contribution in [-0.4, -0.2) is 24.8 Å². The van der Waals surface area contributed by atoms with Crippen LogP contribution < -0.4 is 5.32 Å². The largest absolute Gasteiger partial charge is 0.375 e. The molecule has 0 atom stereocenters. The fourth-order valence-electron chi connectivity index (χ4n) is 0.873. The fourth-order valence-corrected chi connectivity index (χ4v) is 0.873. The molecule has 5 nitrogen and oxygen atoms in total. The van der Waals surface area contributed by atoms with Crippen molar-refractivity contribution in [1.82, 2.24) is 10.5 Å². The molecular formula is C8H12N2O3. The lowest BCUT2D eigenvalue weighted by molar-refractivity contribution is -0.124. The Hall–Kier alpha value is -1.36. The van der Waals surface area contributed by atoms with Crippen molar-refractivity contribution in [1.29, 1.82) is 0 Å². The van der Waals surface area contributed by atoms with Gasteiger partial charge >= 0.3 is 0 Å². The Balaban J connectivity index is 2.30. The summed E-state index contributed by atoms with van der Waals surface area (Å²) in [6.07, 6.45) is 0. The van der Waals surface area contributed by atoms with Crippen LogP contribution >= 0.6 is 0 Å². The Morgan fingerprint density at radius 3 is 3.08 bits per heavy atom. The van der Waals surface area contributed by atoms with E-state index in [1.165, 1.54) is 7.11 Å². The first-order valence-electron chi connectivity index (χ1n) is 3.90. The lowest BCUT2D eigenvalue weighted by Crippen LogP contribution is -2.26. The number of amides is 1. The number of hydrogen-bond donors (Lipinski definition) is 1. The summed E-state index contributed by atoms with van der Waals surface area (Å²) < 4.78 is 9.47. The molecule has 1 amide bonds. The topological polar surface area (TPSA) is 64.4 Å². The SMILES string of the molecule is COCC(=O)NCc1cc(C)on1. The number of nitrogens with zero attached hydrogens (tertiary/aromatic N) is 1. The van der Waals surface area contributed by atoms with Crippen molar-refractivity contribution in [3.05, 3.63) is 17.5 Å². The summed E-state index contributed by atoms with van der Waals surface area (Å²) >= 11 is 0. The van der Waals surface area contributed by atoms with Gasteiger partial charge in [-0.1, -0.05) is 5.16 Å². The molecule has 1 heterocycles. The van der Waals surface area contributed by atoms with Gasteiger partial charge in [0.25, 0.3) is 0 Å². The molecule has 1 aromatic heterocycles. The van der Waals surface area contributed by atoms with Gasteiger partial charge in [0, 0.05) is 13.2 Å². The van der Waals surface area contributed by atoms with Gasteiger partial charge in [0.15, 0.2) is 0 Å². The number of ether oxygens (including phenoxy) is 1. The number of methoxy groups -OCH3 is 1. The van der Waals surface area contributed by atoms with E-state index in [0.717, 1.165) is 5.76 Å². The highest BCUT2D eigenvalue weighted by atomic mass is 16.5. The molecule has 0 unspecified atom stereocenters. The minimum Gasteiger partial charge on any atom is -0.375 e. The standard InChI is InChI=1S/C8H12N2O3/c1-6-3-7(10-13-6)4-9-8(11)5-12-2/h3H,4-5H2,1-2H3,(H,9,11). The van der Waals surface area contributed by atoms with Crippen LogP contribution in [0.4, 0.5) is 0 Å². The molecular weight excluding hydrogens is 172 g/mol. The van der Waals surface area contributed by atoms with E-state index in [1.807, 2.05) is 0 Å². The Labute approximate surface area is 76.0 Å². The van der Waals surface area contributed by atoms with E-state index < -0.39 is 0 Å². The Morgan fingerprint density at radius 1 is 1.77 bits per heavy atom. The van der Waals surface area contributed by atoms with E-state index in [-0.39, 0.29) is 12.5 Å². The molecule has 1 rings (SSSR count). The fraction of sp³-hybridized carbons (Fsp3) is 0.500. The summed E-state index contributed by atoms with van der Waals surface area (Å²) in [7, 11) is 1.47. The van der Waals surface area contributed by atoms with Crippen molar-refractivity contribution in [3.63, 3.8) is 0 Å². The van der Waals surface area contributed by atoms with Crippen molar-refractivity contribution >= 4 is 5.91 Å². The van der Waals surface area contributed by atoms with Crippen LogP contribution in [0, 0.1) is 6.92 Å². The summed E-state index contributed by atoms with van der Waals surface area (Å²) in [6.45, 7) is 2.24. The molecule has 0 radical (unpaired) electrons. The minimum absolute atomic E-state index is 0.0663. The van der Waals surface area contributed by atoms with E-state index in [1.54, 1.807) is 13.0 Å². The number of aromatic nitrogens is 1. The number of hydrogen-bond acceptors (Lipinski definition) is 4. The summed E-state index contributed by atoms with van der Waals surface area (Å²) in [5.41, 5.74) is 0.710. The molecule has 0 aliphatic heterocycles. The molecule has 13 heavy (non-hydrogen) atoms. The van der Waals surface area contributed by atoms with Gasteiger partial charge in [0.1, 0.15) is 18.1 Å². The summed E-state index contributed by atoms with van der Waals surface area (Å²) in [4.78, 5) is 10.9. The molecule has 0 saturated heterocycles. The third kappa shape index (κ3) is 3.25. The highest BCUT2D eigenvalue weighted by Crippen LogP contribution is 2.00. The summed E-state index contributed by atoms with van der Waals surface area (Å²) in [5.74, 6) is 0.569. The quantitative estimate of drug-likeness (QED) is 0.728. The smallest absolute Gasteiger partial charge is 0.246 e. The Kier molecular flexibility index (Phi) is 3.45. The highest BCUT2D eigenvalue weighted by molar-refractivity contribution is 5.77. The lowest BCUT2D eigenvalue weighted by atomic mass is 10.4. The van der Waals surface area contributed by atoms with Crippen molar-refractivity contribution in [2.24, 2.45) is 0 Å². The molecule has 1 aromatic rings. The van der Waals surface area contributed by atoms with Crippen LogP contribution in [0.25, 0.3) is 0 Å². The molecule has 1 N–H and O–H groups in total. The van der Waals surface area contributed by atoms with Crippen LogP contribution in [0.5, 0.6) is 0 Å². The van der Waals surface area contributed by atoms with Gasteiger partial charge < -0.3 is 14.6 Å². The molecule has 5 heteroatoms. The van der Waals surface area contributed by atoms with Crippen molar-refractivity contribution in [3.8, 4) is 0 Å². The molecule has 72 valence electrons. The maximum atomic E-state index is 10.9. The number of nitrogens with one attached hydrogen (secondary N) is 1. The van der Waals surface area contributed by atoms with Crippen molar-refractivity contribution in [2.75, 3.05) is 13.7 Å². The van der Waals surface area contributed by atoms with E-state index in [2.05, 4.69) is 15.2 Å². The second kappa shape index (κ2) is 4.61. The van der Waals surface area contributed by atoms with Crippen LogP contribution in [0.15, 0.2) is 10.6 Å². The second-order valence-electron chi connectivity index (χ2n) is 2.64. The van der Waals surface area contributed by atoms with E-state index in [0.29, 0.717) is 12.2 Å². The normalized spacial score (nSPS) is 10.0. The first-order valence-corrected chi connectivity index (χ1v) is 3.90.